The molecule has 4 nitrogen and oxygen atoms in total. The summed E-state index contributed by atoms with van der Waals surface area (Å²) >= 11 is 7.22. The molecule has 0 radical (unpaired) electrons. The van der Waals surface area contributed by atoms with Gasteiger partial charge in [-0.1, -0.05) is 18.2 Å². The number of thiocarbonyl (C=S) groups is 1. The zero-order valence-corrected chi connectivity index (χ0v) is 16.7. The fourth-order valence-electron chi connectivity index (χ4n) is 3.47. The number of aromatic nitrogens is 1. The van der Waals surface area contributed by atoms with E-state index in [0.717, 1.165) is 42.8 Å². The molecule has 1 aromatic heterocycles. The number of fused-ring (bicyclic) bond motifs is 1. The first-order valence-electron chi connectivity index (χ1n) is 8.84. The number of anilines is 2. The van der Waals surface area contributed by atoms with Gasteiger partial charge in [-0.3, -0.25) is 0 Å². The fourth-order valence-corrected chi connectivity index (χ4v) is 4.57. The van der Waals surface area contributed by atoms with Crippen LogP contribution in [0.2, 0.25) is 0 Å². The summed E-state index contributed by atoms with van der Waals surface area (Å²) in [6, 6.07) is 14.9. The van der Waals surface area contributed by atoms with Gasteiger partial charge in [-0.25, -0.2) is 0 Å². The monoisotopic (exact) mass is 382 g/mol. The number of hydrogen-bond donors (Lipinski definition) is 1. The average molecular weight is 383 g/mol. The van der Waals surface area contributed by atoms with Crippen LogP contribution in [0.15, 0.2) is 42.5 Å². The maximum atomic E-state index is 5.64. The van der Waals surface area contributed by atoms with Crippen LogP contribution in [-0.2, 0) is 0 Å². The molecule has 134 valence electrons. The predicted octanol–water partition coefficient (Wildman–Crippen LogP) is 4.43. The third kappa shape index (κ3) is 3.52. The lowest BCUT2D eigenvalue weighted by molar-refractivity contribution is 0.390. The van der Waals surface area contributed by atoms with Crippen LogP contribution in [0.5, 0.6) is 0 Å². The van der Waals surface area contributed by atoms with Gasteiger partial charge in [0.15, 0.2) is 5.11 Å². The van der Waals surface area contributed by atoms with E-state index < -0.39 is 0 Å². The minimum atomic E-state index is 0.804. The van der Waals surface area contributed by atoms with Crippen LogP contribution < -0.4 is 10.2 Å². The van der Waals surface area contributed by atoms with Gasteiger partial charge < -0.3 is 15.1 Å². The van der Waals surface area contributed by atoms with Crippen molar-refractivity contribution in [3.8, 4) is 0 Å². The lowest BCUT2D eigenvalue weighted by Gasteiger charge is -2.36. The standard InChI is InChI=1S/C20H22N4S2/c1-14-11-15(2)13-16(12-14)21-20(25)24-9-7-23(8-10-24)19-17-5-3-4-6-18(17)26-22-19/h3-6,11-13H,7-10H2,1-2H3,(H,21,25). The van der Waals surface area contributed by atoms with E-state index in [1.54, 1.807) is 11.5 Å². The first-order valence-corrected chi connectivity index (χ1v) is 10.0. The van der Waals surface area contributed by atoms with Gasteiger partial charge >= 0.3 is 0 Å². The fraction of sp³-hybridized carbons (Fsp3) is 0.300. The second kappa shape index (κ2) is 7.21. The highest BCUT2D eigenvalue weighted by atomic mass is 32.1. The summed E-state index contributed by atoms with van der Waals surface area (Å²) in [6.45, 7) is 7.89. The average Bonchev–Trinajstić information content (AvgIpc) is 3.05. The van der Waals surface area contributed by atoms with E-state index in [-0.39, 0.29) is 0 Å². The maximum Gasteiger partial charge on any atom is 0.173 e. The highest BCUT2D eigenvalue weighted by Gasteiger charge is 2.22. The Hall–Kier alpha value is -2.18. The molecule has 1 saturated heterocycles. The summed E-state index contributed by atoms with van der Waals surface area (Å²) in [5.41, 5.74) is 3.56. The summed E-state index contributed by atoms with van der Waals surface area (Å²) in [5, 5.41) is 5.45. The number of nitrogens with one attached hydrogen (secondary N) is 1. The van der Waals surface area contributed by atoms with Gasteiger partial charge in [0.05, 0.1) is 4.70 Å². The van der Waals surface area contributed by atoms with Crippen LogP contribution in [0.1, 0.15) is 11.1 Å². The number of hydrogen-bond acceptors (Lipinski definition) is 4. The highest BCUT2D eigenvalue weighted by molar-refractivity contribution is 7.80. The molecule has 2 heterocycles. The molecule has 0 unspecified atom stereocenters. The Bertz CT molecular complexity index is 922. The van der Waals surface area contributed by atoms with E-state index in [0.29, 0.717) is 0 Å². The van der Waals surface area contributed by atoms with E-state index in [1.165, 1.54) is 21.2 Å². The van der Waals surface area contributed by atoms with E-state index >= 15 is 0 Å². The molecule has 6 heteroatoms. The van der Waals surface area contributed by atoms with Gasteiger partial charge in [0, 0.05) is 37.3 Å². The normalized spacial score (nSPS) is 14.7. The predicted molar refractivity (Wildman–Crippen MR) is 116 cm³/mol. The van der Waals surface area contributed by atoms with Crippen molar-refractivity contribution in [2.24, 2.45) is 0 Å². The molecule has 1 aliphatic heterocycles. The summed E-state index contributed by atoms with van der Waals surface area (Å²) < 4.78 is 5.92. The van der Waals surface area contributed by atoms with Gasteiger partial charge in [0.25, 0.3) is 0 Å². The number of nitrogens with zero attached hydrogens (tertiary/aromatic N) is 3. The Kier molecular flexibility index (Phi) is 4.78. The first-order chi connectivity index (χ1) is 12.6. The second-order valence-electron chi connectivity index (χ2n) is 6.78. The van der Waals surface area contributed by atoms with E-state index in [9.17, 15) is 0 Å². The van der Waals surface area contributed by atoms with Crippen molar-refractivity contribution < 1.29 is 0 Å². The number of rotatable bonds is 2. The van der Waals surface area contributed by atoms with Crippen LogP contribution in [0.25, 0.3) is 10.1 Å². The van der Waals surface area contributed by atoms with Crippen LogP contribution in [0, 0.1) is 13.8 Å². The molecular formula is C20H22N4S2. The Morgan fingerprint density at radius 1 is 1.04 bits per heavy atom. The van der Waals surface area contributed by atoms with Crippen molar-refractivity contribution in [1.29, 1.82) is 0 Å². The van der Waals surface area contributed by atoms with E-state index in [1.807, 2.05) is 0 Å². The molecule has 0 saturated carbocycles. The molecule has 0 spiro atoms. The van der Waals surface area contributed by atoms with Crippen molar-refractivity contribution in [3.63, 3.8) is 0 Å². The summed E-state index contributed by atoms with van der Waals surface area (Å²) in [5.74, 6) is 1.11. The van der Waals surface area contributed by atoms with Crippen LogP contribution in [0.4, 0.5) is 11.5 Å². The summed E-state index contributed by atoms with van der Waals surface area (Å²) in [7, 11) is 0. The first kappa shape index (κ1) is 17.2. The van der Waals surface area contributed by atoms with Crippen LogP contribution >= 0.6 is 23.8 Å². The minimum Gasteiger partial charge on any atom is -0.352 e. The Labute approximate surface area is 163 Å². The molecule has 1 aliphatic rings. The molecule has 1 fully saturated rings. The molecule has 1 N–H and O–H groups in total. The van der Waals surface area contributed by atoms with Crippen LogP contribution in [0.3, 0.4) is 0 Å². The Morgan fingerprint density at radius 3 is 2.46 bits per heavy atom. The molecular weight excluding hydrogens is 360 g/mol. The summed E-state index contributed by atoms with van der Waals surface area (Å²) in [4.78, 5) is 4.62. The van der Waals surface area contributed by atoms with E-state index in [2.05, 4.69) is 75.8 Å². The lowest BCUT2D eigenvalue weighted by atomic mass is 10.1. The van der Waals surface area contributed by atoms with Crippen molar-refractivity contribution in [2.75, 3.05) is 36.4 Å². The Balaban J connectivity index is 1.41. The number of aryl methyl sites for hydroxylation is 2. The quantitative estimate of drug-likeness (QED) is 0.663. The third-order valence-corrected chi connectivity index (χ3v) is 5.87. The van der Waals surface area contributed by atoms with Gasteiger partial charge in [-0.2, -0.15) is 4.37 Å². The molecule has 26 heavy (non-hydrogen) atoms. The minimum absolute atomic E-state index is 0.804. The second-order valence-corrected chi connectivity index (χ2v) is 7.97. The molecule has 0 aliphatic carbocycles. The van der Waals surface area contributed by atoms with E-state index in [4.69, 9.17) is 12.2 Å². The van der Waals surface area contributed by atoms with Crippen molar-refractivity contribution >= 4 is 50.5 Å². The lowest BCUT2D eigenvalue weighted by Crippen LogP contribution is -2.50. The zero-order valence-electron chi connectivity index (χ0n) is 15.0. The van der Waals surface area contributed by atoms with Gasteiger partial charge in [-0.05, 0) is 73.0 Å². The Morgan fingerprint density at radius 2 is 1.73 bits per heavy atom. The topological polar surface area (TPSA) is 31.4 Å². The molecule has 3 aromatic rings. The SMILES string of the molecule is Cc1cc(C)cc(NC(=S)N2CCN(c3nsc4ccccc34)CC2)c1. The van der Waals surface area contributed by atoms with Crippen molar-refractivity contribution in [2.45, 2.75) is 13.8 Å². The largest absolute Gasteiger partial charge is 0.352 e. The smallest absolute Gasteiger partial charge is 0.173 e. The number of piperazine rings is 1. The third-order valence-electron chi connectivity index (χ3n) is 4.70. The summed E-state index contributed by atoms with van der Waals surface area (Å²) in [6.07, 6.45) is 0. The molecule has 0 atom stereocenters. The van der Waals surface area contributed by atoms with Crippen LogP contribution in [-0.4, -0.2) is 40.6 Å². The van der Waals surface area contributed by atoms with Gasteiger partial charge in [-0.15, -0.1) is 0 Å². The molecule has 0 bridgehead atoms. The highest BCUT2D eigenvalue weighted by Crippen LogP contribution is 2.29. The maximum absolute atomic E-state index is 5.64. The van der Waals surface area contributed by atoms with Gasteiger partial charge in [0.2, 0.25) is 0 Å². The number of benzene rings is 2. The zero-order chi connectivity index (χ0) is 18.1. The van der Waals surface area contributed by atoms with Gasteiger partial charge in [0.1, 0.15) is 5.82 Å². The molecule has 4 rings (SSSR count). The molecule has 0 amide bonds. The molecule has 2 aromatic carbocycles. The van der Waals surface area contributed by atoms with Crippen molar-refractivity contribution in [3.05, 3.63) is 53.6 Å². The van der Waals surface area contributed by atoms with Crippen molar-refractivity contribution in [1.82, 2.24) is 9.27 Å².